The molecule has 10 heteroatoms. The topological polar surface area (TPSA) is 134 Å². The summed E-state index contributed by atoms with van der Waals surface area (Å²) < 4.78 is 12.4. The average Bonchev–Trinajstić information content (AvgIpc) is 3.62. The summed E-state index contributed by atoms with van der Waals surface area (Å²) in [4.78, 5) is 55.4. The molecule has 2 aromatic carbocycles. The zero-order chi connectivity index (χ0) is 34.1. The van der Waals surface area contributed by atoms with Gasteiger partial charge in [-0.05, 0) is 81.5 Å². The van der Waals surface area contributed by atoms with Crippen LogP contribution in [0.25, 0.3) is 0 Å². The van der Waals surface area contributed by atoms with Gasteiger partial charge in [-0.1, -0.05) is 73.5 Å². The SMILES string of the molecule is CC(C)(C)OC(=O)N[C@H]1CCCCC/C=C\[C@@H]2C[C@@]2(C(=O)O)NC(=O)[C@@H]2C[C@@H](OC3c4ccccc4CCc4ccccc43)CN2C1=O. The van der Waals surface area contributed by atoms with Crippen LogP contribution in [0.3, 0.4) is 0 Å². The molecule has 10 nitrogen and oxygen atoms in total. The number of carboxylic acids is 1. The number of carboxylic acid groups (broad SMARTS) is 1. The Bertz CT molecular complexity index is 1530. The molecule has 48 heavy (non-hydrogen) atoms. The lowest BCUT2D eigenvalue weighted by molar-refractivity contribution is -0.145. The maximum absolute atomic E-state index is 14.4. The van der Waals surface area contributed by atoms with Crippen LogP contribution in [0.5, 0.6) is 0 Å². The molecule has 2 fully saturated rings. The van der Waals surface area contributed by atoms with Crippen LogP contribution in [0.15, 0.2) is 60.7 Å². The summed E-state index contributed by atoms with van der Waals surface area (Å²) in [5.41, 5.74) is 2.34. The normalized spacial score (nSPS) is 28.6. The lowest BCUT2D eigenvalue weighted by Crippen LogP contribution is -2.56. The fourth-order valence-corrected chi connectivity index (χ4v) is 7.42. The molecule has 0 bridgehead atoms. The van der Waals surface area contributed by atoms with E-state index in [0.717, 1.165) is 43.2 Å². The van der Waals surface area contributed by atoms with E-state index in [1.807, 2.05) is 36.4 Å². The second kappa shape index (κ2) is 13.7. The van der Waals surface area contributed by atoms with Crippen LogP contribution in [0.1, 0.15) is 94.1 Å². The lowest BCUT2D eigenvalue weighted by atomic mass is 9.96. The molecule has 2 aromatic rings. The van der Waals surface area contributed by atoms with Gasteiger partial charge in [0.25, 0.3) is 0 Å². The number of alkyl carbamates (subject to hydrolysis) is 1. The molecule has 4 aliphatic rings. The Hall–Kier alpha value is -4.18. The molecule has 0 aromatic heterocycles. The summed E-state index contributed by atoms with van der Waals surface area (Å²) in [6, 6.07) is 14.5. The molecule has 6 rings (SSSR count). The predicted octanol–water partition coefficient (Wildman–Crippen LogP) is 5.23. The number of hydrogen-bond donors (Lipinski definition) is 3. The minimum atomic E-state index is -1.41. The van der Waals surface area contributed by atoms with Crippen molar-refractivity contribution >= 4 is 23.9 Å². The van der Waals surface area contributed by atoms with E-state index >= 15 is 0 Å². The van der Waals surface area contributed by atoms with Gasteiger partial charge in [-0.3, -0.25) is 9.59 Å². The highest BCUT2D eigenvalue weighted by molar-refractivity contribution is 5.96. The number of hydrogen-bond acceptors (Lipinski definition) is 6. The molecule has 1 saturated carbocycles. The number of amides is 3. The monoisotopic (exact) mass is 657 g/mol. The van der Waals surface area contributed by atoms with Gasteiger partial charge in [0.05, 0.1) is 6.10 Å². The number of rotatable bonds is 4. The quantitative estimate of drug-likeness (QED) is 0.383. The molecule has 2 heterocycles. The molecule has 2 aliphatic carbocycles. The van der Waals surface area contributed by atoms with Gasteiger partial charge >= 0.3 is 12.1 Å². The molecule has 0 spiro atoms. The van der Waals surface area contributed by atoms with Crippen molar-refractivity contribution < 1.29 is 33.8 Å². The van der Waals surface area contributed by atoms with Crippen molar-refractivity contribution in [3.05, 3.63) is 82.9 Å². The van der Waals surface area contributed by atoms with Gasteiger partial charge in [-0.15, -0.1) is 0 Å². The molecule has 3 amide bonds. The molecule has 2 aliphatic heterocycles. The van der Waals surface area contributed by atoms with Gasteiger partial charge in [-0.25, -0.2) is 9.59 Å². The number of carbonyl (C=O) groups is 4. The van der Waals surface area contributed by atoms with E-state index in [-0.39, 0.29) is 18.9 Å². The largest absolute Gasteiger partial charge is 0.479 e. The Morgan fingerprint density at radius 3 is 2.29 bits per heavy atom. The molecular weight excluding hydrogens is 610 g/mol. The Labute approximate surface area is 282 Å². The van der Waals surface area contributed by atoms with Gasteiger partial charge in [0.2, 0.25) is 11.8 Å². The first kappa shape index (κ1) is 33.7. The highest BCUT2D eigenvalue weighted by Crippen LogP contribution is 2.46. The molecule has 0 radical (unpaired) electrons. The minimum absolute atomic E-state index is 0.119. The maximum Gasteiger partial charge on any atom is 0.408 e. The van der Waals surface area contributed by atoms with E-state index in [9.17, 15) is 24.3 Å². The van der Waals surface area contributed by atoms with Crippen molar-refractivity contribution in [3.8, 4) is 0 Å². The Morgan fingerprint density at radius 2 is 1.65 bits per heavy atom. The van der Waals surface area contributed by atoms with Crippen LogP contribution in [0, 0.1) is 5.92 Å². The molecule has 3 N–H and O–H groups in total. The van der Waals surface area contributed by atoms with Crippen LogP contribution in [-0.4, -0.2) is 69.8 Å². The van der Waals surface area contributed by atoms with E-state index in [1.165, 1.54) is 16.0 Å². The number of allylic oxidation sites excluding steroid dienone is 1. The third-order valence-electron chi connectivity index (χ3n) is 9.98. The summed E-state index contributed by atoms with van der Waals surface area (Å²) in [6.45, 7) is 5.39. The number of benzene rings is 2. The number of fused-ring (bicyclic) bond motifs is 4. The number of carbonyl (C=O) groups excluding carboxylic acids is 3. The smallest absolute Gasteiger partial charge is 0.408 e. The highest BCUT2D eigenvalue weighted by atomic mass is 16.6. The van der Waals surface area contributed by atoms with Crippen LogP contribution in [0.4, 0.5) is 4.79 Å². The lowest BCUT2D eigenvalue weighted by Gasteiger charge is -2.30. The Morgan fingerprint density at radius 1 is 0.979 bits per heavy atom. The number of ether oxygens (including phenoxy) is 2. The van der Waals surface area contributed by atoms with Crippen molar-refractivity contribution in [1.29, 1.82) is 0 Å². The Kier molecular flexibility index (Phi) is 9.65. The van der Waals surface area contributed by atoms with E-state index in [1.54, 1.807) is 20.8 Å². The average molecular weight is 658 g/mol. The van der Waals surface area contributed by atoms with E-state index in [2.05, 4.69) is 34.9 Å². The zero-order valence-electron chi connectivity index (χ0n) is 28.1. The minimum Gasteiger partial charge on any atom is -0.479 e. The second-order valence-corrected chi connectivity index (χ2v) is 14.6. The van der Waals surface area contributed by atoms with Gasteiger partial charge in [-0.2, -0.15) is 0 Å². The van der Waals surface area contributed by atoms with Gasteiger partial charge < -0.3 is 30.1 Å². The van der Waals surface area contributed by atoms with Crippen LogP contribution >= 0.6 is 0 Å². The standard InChI is InChI=1S/C38H47N3O7/c1-37(2,3)48-36(46)39-30-18-8-6-4-5-7-15-26-22-38(26,35(44)45)40-33(42)31-21-27(23-41(31)34(30)43)47-32-28-16-11-9-13-24(28)19-20-25-14-10-12-17-29(25)32/h7,9-17,26-27,30-32H,4-6,8,18-23H2,1-3H3,(H,39,46)(H,40,42)(H,44,45)/b15-7-/t26-,27-,30+,31+,38-/m1/s1. The van der Waals surface area contributed by atoms with Crippen molar-refractivity contribution in [2.75, 3.05) is 6.54 Å². The van der Waals surface area contributed by atoms with Crippen LogP contribution in [-0.2, 0) is 36.7 Å². The summed E-state index contributed by atoms with van der Waals surface area (Å²) in [7, 11) is 0. The first-order valence-corrected chi connectivity index (χ1v) is 17.3. The van der Waals surface area contributed by atoms with Crippen molar-refractivity contribution in [2.24, 2.45) is 5.92 Å². The first-order valence-electron chi connectivity index (χ1n) is 17.3. The number of nitrogens with zero attached hydrogens (tertiary/aromatic N) is 1. The summed E-state index contributed by atoms with van der Waals surface area (Å²) >= 11 is 0. The predicted molar refractivity (Wildman–Crippen MR) is 179 cm³/mol. The van der Waals surface area contributed by atoms with E-state index in [0.29, 0.717) is 19.3 Å². The molecule has 256 valence electrons. The van der Waals surface area contributed by atoms with E-state index in [4.69, 9.17) is 9.47 Å². The third-order valence-corrected chi connectivity index (χ3v) is 9.98. The van der Waals surface area contributed by atoms with Crippen molar-refractivity contribution in [3.63, 3.8) is 0 Å². The number of aliphatic carboxylic acids is 1. The molecule has 1 saturated heterocycles. The first-order chi connectivity index (χ1) is 22.9. The van der Waals surface area contributed by atoms with Gasteiger partial charge in [0.1, 0.15) is 29.3 Å². The van der Waals surface area contributed by atoms with Crippen LogP contribution in [0.2, 0.25) is 0 Å². The highest BCUT2D eigenvalue weighted by Gasteiger charge is 2.61. The fourth-order valence-electron chi connectivity index (χ4n) is 7.42. The second-order valence-electron chi connectivity index (χ2n) is 14.6. The van der Waals surface area contributed by atoms with Crippen molar-refractivity contribution in [2.45, 2.75) is 114 Å². The number of nitrogens with one attached hydrogen (secondary N) is 2. The molecule has 0 unspecified atom stereocenters. The van der Waals surface area contributed by atoms with Crippen molar-refractivity contribution in [1.82, 2.24) is 15.5 Å². The van der Waals surface area contributed by atoms with Crippen LogP contribution < -0.4 is 10.6 Å². The zero-order valence-corrected chi connectivity index (χ0v) is 28.1. The maximum atomic E-state index is 14.4. The van der Waals surface area contributed by atoms with E-state index < -0.39 is 59.3 Å². The third kappa shape index (κ3) is 7.28. The fraction of sp³-hybridized carbons (Fsp3) is 0.526. The summed E-state index contributed by atoms with van der Waals surface area (Å²) in [6.07, 6.45) is 7.99. The molecule has 5 atom stereocenters. The number of aryl methyl sites for hydroxylation is 2. The molecular formula is C38H47N3O7. The summed E-state index contributed by atoms with van der Waals surface area (Å²) in [5, 5.41) is 15.8. The Balaban J connectivity index is 1.32. The van der Waals surface area contributed by atoms with Gasteiger partial charge in [0.15, 0.2) is 0 Å². The summed E-state index contributed by atoms with van der Waals surface area (Å²) in [5.74, 6) is -2.34. The van der Waals surface area contributed by atoms with Gasteiger partial charge in [0, 0.05) is 18.9 Å².